The fraction of sp³-hybridized carbons (Fsp3) is 0.429. The minimum absolute atomic E-state index is 0.462. The summed E-state index contributed by atoms with van der Waals surface area (Å²) in [5, 5.41) is 16.7. The lowest BCUT2D eigenvalue weighted by atomic mass is 10.4. The van der Waals surface area contributed by atoms with Gasteiger partial charge in [0.05, 0.1) is 6.20 Å². The Kier molecular flexibility index (Phi) is 2.40. The highest BCUT2D eigenvalue weighted by molar-refractivity contribution is 7.18. The van der Waals surface area contributed by atoms with E-state index in [4.69, 9.17) is 5.73 Å². The van der Waals surface area contributed by atoms with Crippen LogP contribution in [0, 0.1) is 0 Å². The largest absolute Gasteiger partial charge is 0.374 e. The molecule has 0 amide bonds. The van der Waals surface area contributed by atoms with Crippen LogP contribution in [-0.4, -0.2) is 25.2 Å². The number of aromatic nitrogens is 5. The van der Waals surface area contributed by atoms with Crippen molar-refractivity contribution in [1.29, 1.82) is 0 Å². The number of nitrogen functional groups attached to an aromatic ring is 1. The predicted molar refractivity (Wildman–Crippen MR) is 53.6 cm³/mol. The topological polar surface area (TPSA) is 82.5 Å². The maximum atomic E-state index is 5.50. The van der Waals surface area contributed by atoms with Crippen LogP contribution in [0.3, 0.4) is 0 Å². The van der Waals surface area contributed by atoms with Gasteiger partial charge in [-0.15, -0.1) is 15.3 Å². The SMILES string of the molecule is CCCn1nncc1-c1nnc(N)s1. The lowest BCUT2D eigenvalue weighted by Gasteiger charge is -1.99. The molecule has 0 aliphatic carbocycles. The van der Waals surface area contributed by atoms with Crippen LogP contribution in [0.2, 0.25) is 0 Å². The number of anilines is 1. The molecule has 2 aromatic rings. The van der Waals surface area contributed by atoms with E-state index < -0.39 is 0 Å². The van der Waals surface area contributed by atoms with Crippen molar-refractivity contribution in [3.05, 3.63) is 6.20 Å². The molecule has 6 nitrogen and oxygen atoms in total. The highest BCUT2D eigenvalue weighted by Crippen LogP contribution is 2.23. The molecule has 14 heavy (non-hydrogen) atoms. The summed E-state index contributed by atoms with van der Waals surface area (Å²) in [5.41, 5.74) is 6.38. The van der Waals surface area contributed by atoms with Crippen molar-refractivity contribution in [3.63, 3.8) is 0 Å². The normalized spacial score (nSPS) is 10.6. The van der Waals surface area contributed by atoms with E-state index in [0.29, 0.717) is 5.13 Å². The molecule has 0 aliphatic heterocycles. The molecule has 0 aromatic carbocycles. The van der Waals surface area contributed by atoms with Gasteiger partial charge in [0.1, 0.15) is 5.69 Å². The molecular weight excluding hydrogens is 200 g/mol. The van der Waals surface area contributed by atoms with E-state index in [1.165, 1.54) is 11.3 Å². The predicted octanol–water partition coefficient (Wildman–Crippen LogP) is 0.789. The Morgan fingerprint density at radius 2 is 2.36 bits per heavy atom. The molecule has 2 heterocycles. The van der Waals surface area contributed by atoms with Crippen LogP contribution < -0.4 is 5.73 Å². The van der Waals surface area contributed by atoms with Crippen molar-refractivity contribution in [2.45, 2.75) is 19.9 Å². The van der Waals surface area contributed by atoms with Gasteiger partial charge >= 0.3 is 0 Å². The number of rotatable bonds is 3. The van der Waals surface area contributed by atoms with Gasteiger partial charge in [-0.25, -0.2) is 4.68 Å². The van der Waals surface area contributed by atoms with Crippen molar-refractivity contribution in [2.75, 3.05) is 5.73 Å². The molecule has 2 aromatic heterocycles. The summed E-state index contributed by atoms with van der Waals surface area (Å²) in [5.74, 6) is 0. The lowest BCUT2D eigenvalue weighted by molar-refractivity contribution is 0.584. The van der Waals surface area contributed by atoms with Crippen LogP contribution >= 0.6 is 11.3 Å². The minimum atomic E-state index is 0.462. The summed E-state index contributed by atoms with van der Waals surface area (Å²) >= 11 is 1.34. The molecule has 0 atom stereocenters. The number of aryl methyl sites for hydroxylation is 1. The quantitative estimate of drug-likeness (QED) is 0.809. The van der Waals surface area contributed by atoms with E-state index in [-0.39, 0.29) is 0 Å². The molecule has 0 saturated carbocycles. The zero-order valence-electron chi connectivity index (χ0n) is 7.71. The summed E-state index contributed by atoms with van der Waals surface area (Å²) < 4.78 is 1.81. The number of hydrogen-bond acceptors (Lipinski definition) is 6. The molecule has 0 bridgehead atoms. The lowest BCUT2D eigenvalue weighted by Crippen LogP contribution is -2.01. The summed E-state index contributed by atoms with van der Waals surface area (Å²) in [6.45, 7) is 2.91. The Labute approximate surface area is 84.8 Å². The van der Waals surface area contributed by atoms with Gasteiger partial charge in [-0.1, -0.05) is 23.5 Å². The highest BCUT2D eigenvalue weighted by Gasteiger charge is 2.10. The van der Waals surface area contributed by atoms with Gasteiger partial charge < -0.3 is 5.73 Å². The van der Waals surface area contributed by atoms with E-state index in [9.17, 15) is 0 Å². The first kappa shape index (κ1) is 9.07. The first-order valence-corrected chi connectivity index (χ1v) is 5.10. The van der Waals surface area contributed by atoms with Crippen LogP contribution in [0.1, 0.15) is 13.3 Å². The third-order valence-corrected chi connectivity index (χ3v) is 2.49. The average Bonchev–Trinajstić information content (AvgIpc) is 2.74. The van der Waals surface area contributed by atoms with Crippen molar-refractivity contribution >= 4 is 16.5 Å². The molecule has 74 valence electrons. The zero-order valence-corrected chi connectivity index (χ0v) is 8.53. The molecule has 0 saturated heterocycles. The molecule has 0 aliphatic rings. The van der Waals surface area contributed by atoms with E-state index in [1.54, 1.807) is 10.9 Å². The Morgan fingerprint density at radius 3 is 3.00 bits per heavy atom. The van der Waals surface area contributed by atoms with Crippen molar-refractivity contribution in [3.8, 4) is 10.7 Å². The second-order valence-electron chi connectivity index (χ2n) is 2.79. The summed E-state index contributed by atoms with van der Waals surface area (Å²) in [4.78, 5) is 0. The molecule has 0 spiro atoms. The van der Waals surface area contributed by atoms with Crippen LogP contribution in [-0.2, 0) is 6.54 Å². The first-order valence-electron chi connectivity index (χ1n) is 4.29. The summed E-state index contributed by atoms with van der Waals surface area (Å²) in [6, 6.07) is 0. The second-order valence-corrected chi connectivity index (χ2v) is 3.80. The average molecular weight is 210 g/mol. The van der Waals surface area contributed by atoms with Gasteiger partial charge in [-0.2, -0.15) is 0 Å². The van der Waals surface area contributed by atoms with Crippen LogP contribution in [0.4, 0.5) is 5.13 Å². The molecular formula is C7H10N6S. The van der Waals surface area contributed by atoms with Crippen LogP contribution in [0.25, 0.3) is 10.7 Å². The van der Waals surface area contributed by atoms with E-state index in [2.05, 4.69) is 27.4 Å². The minimum Gasteiger partial charge on any atom is -0.374 e. The summed E-state index contributed by atoms with van der Waals surface area (Å²) in [7, 11) is 0. The van der Waals surface area contributed by atoms with Gasteiger partial charge in [-0.05, 0) is 6.42 Å². The van der Waals surface area contributed by atoms with Gasteiger partial charge in [-0.3, -0.25) is 0 Å². The van der Waals surface area contributed by atoms with E-state index in [0.717, 1.165) is 23.7 Å². The summed E-state index contributed by atoms with van der Waals surface area (Å²) in [6.07, 6.45) is 2.68. The fourth-order valence-corrected chi connectivity index (χ4v) is 1.76. The van der Waals surface area contributed by atoms with Gasteiger partial charge in [0.2, 0.25) is 5.13 Å². The second kappa shape index (κ2) is 3.70. The fourth-order valence-electron chi connectivity index (χ4n) is 1.14. The first-order chi connectivity index (χ1) is 6.81. The standard InChI is InChI=1S/C7H10N6S/c1-2-3-13-5(4-9-12-13)6-10-11-7(8)14-6/h4H,2-3H2,1H3,(H2,8,11). The molecule has 0 radical (unpaired) electrons. The zero-order chi connectivity index (χ0) is 9.97. The monoisotopic (exact) mass is 210 g/mol. The molecule has 2 N–H and O–H groups in total. The third kappa shape index (κ3) is 1.58. The Balaban J connectivity index is 2.36. The van der Waals surface area contributed by atoms with Gasteiger partial charge in [0.15, 0.2) is 5.01 Å². The smallest absolute Gasteiger partial charge is 0.203 e. The Morgan fingerprint density at radius 1 is 1.50 bits per heavy atom. The molecule has 2 rings (SSSR count). The maximum absolute atomic E-state index is 5.50. The van der Waals surface area contributed by atoms with Gasteiger partial charge in [0, 0.05) is 6.54 Å². The van der Waals surface area contributed by atoms with Crippen LogP contribution in [0.15, 0.2) is 6.20 Å². The maximum Gasteiger partial charge on any atom is 0.203 e. The Hall–Kier alpha value is -1.50. The van der Waals surface area contributed by atoms with E-state index >= 15 is 0 Å². The van der Waals surface area contributed by atoms with Crippen molar-refractivity contribution < 1.29 is 0 Å². The molecule has 7 heteroatoms. The number of nitrogens with zero attached hydrogens (tertiary/aromatic N) is 5. The highest BCUT2D eigenvalue weighted by atomic mass is 32.1. The molecule has 0 fully saturated rings. The van der Waals surface area contributed by atoms with Crippen LogP contribution in [0.5, 0.6) is 0 Å². The number of nitrogens with two attached hydrogens (primary N) is 1. The van der Waals surface area contributed by atoms with Gasteiger partial charge in [0.25, 0.3) is 0 Å². The Bertz CT molecular complexity index is 419. The van der Waals surface area contributed by atoms with Crippen molar-refractivity contribution in [1.82, 2.24) is 25.2 Å². The molecule has 0 unspecified atom stereocenters. The third-order valence-electron chi connectivity index (χ3n) is 1.71. The van der Waals surface area contributed by atoms with E-state index in [1.807, 2.05) is 0 Å². The van der Waals surface area contributed by atoms with Crippen molar-refractivity contribution in [2.24, 2.45) is 0 Å². The number of hydrogen-bond donors (Lipinski definition) is 1.